The van der Waals surface area contributed by atoms with E-state index < -0.39 is 0 Å². The first-order chi connectivity index (χ1) is 9.11. The van der Waals surface area contributed by atoms with E-state index in [1.54, 1.807) is 0 Å². The van der Waals surface area contributed by atoms with Gasteiger partial charge in [-0.25, -0.2) is 0 Å². The maximum atomic E-state index is 5.76. The summed E-state index contributed by atoms with van der Waals surface area (Å²) >= 11 is 0. The number of nitrogens with zero attached hydrogens (tertiary/aromatic N) is 1. The van der Waals surface area contributed by atoms with Crippen molar-refractivity contribution in [3.05, 3.63) is 29.8 Å². The summed E-state index contributed by atoms with van der Waals surface area (Å²) in [5, 5.41) is 3.31. The van der Waals surface area contributed by atoms with Crippen LogP contribution in [0.5, 0.6) is 5.75 Å². The second-order valence-corrected chi connectivity index (χ2v) is 5.43. The van der Waals surface area contributed by atoms with Crippen LogP contribution in [0.2, 0.25) is 0 Å². The highest BCUT2D eigenvalue weighted by Crippen LogP contribution is 2.12. The van der Waals surface area contributed by atoms with E-state index in [4.69, 9.17) is 4.74 Å². The van der Waals surface area contributed by atoms with Crippen molar-refractivity contribution in [2.75, 3.05) is 33.3 Å². The first-order valence-electron chi connectivity index (χ1n) is 7.22. The maximum Gasteiger partial charge on any atom is 0.119 e. The number of hydrogen-bond acceptors (Lipinski definition) is 3. The van der Waals surface area contributed by atoms with Gasteiger partial charge < -0.3 is 15.0 Å². The normalized spacial score (nSPS) is 11.3. The Balaban J connectivity index is 2.26. The Kier molecular flexibility index (Phi) is 7.53. The molecule has 0 amide bonds. The Morgan fingerprint density at radius 1 is 1.21 bits per heavy atom. The maximum absolute atomic E-state index is 5.76. The minimum atomic E-state index is 0.704. The third-order valence-corrected chi connectivity index (χ3v) is 2.92. The van der Waals surface area contributed by atoms with Crippen LogP contribution in [0.4, 0.5) is 0 Å². The van der Waals surface area contributed by atoms with Crippen LogP contribution in [0.25, 0.3) is 0 Å². The fourth-order valence-electron chi connectivity index (χ4n) is 2.01. The summed E-state index contributed by atoms with van der Waals surface area (Å²) in [5.41, 5.74) is 1.30. The van der Waals surface area contributed by atoms with Crippen molar-refractivity contribution in [2.24, 2.45) is 5.92 Å². The molecule has 0 spiro atoms. The smallest absolute Gasteiger partial charge is 0.119 e. The van der Waals surface area contributed by atoms with E-state index >= 15 is 0 Å². The van der Waals surface area contributed by atoms with Crippen molar-refractivity contribution in [2.45, 2.75) is 27.3 Å². The highest BCUT2D eigenvalue weighted by Gasteiger charge is 2.02. The molecule has 19 heavy (non-hydrogen) atoms. The lowest BCUT2D eigenvalue weighted by atomic mass is 10.2. The van der Waals surface area contributed by atoms with E-state index in [0.29, 0.717) is 5.92 Å². The lowest BCUT2D eigenvalue weighted by Gasteiger charge is -2.19. The molecule has 1 aromatic carbocycles. The molecule has 0 aromatic heterocycles. The number of hydrogen-bond donors (Lipinski definition) is 1. The predicted octanol–water partition coefficient (Wildman–Crippen LogP) is 2.76. The molecule has 1 rings (SSSR count). The van der Waals surface area contributed by atoms with Gasteiger partial charge in [0.15, 0.2) is 0 Å². The van der Waals surface area contributed by atoms with Crippen molar-refractivity contribution >= 4 is 0 Å². The summed E-state index contributed by atoms with van der Waals surface area (Å²) in [7, 11) is 2.14. The summed E-state index contributed by atoms with van der Waals surface area (Å²) in [6, 6.07) is 8.34. The van der Waals surface area contributed by atoms with Crippen molar-refractivity contribution in [3.8, 4) is 5.75 Å². The van der Waals surface area contributed by atoms with Crippen LogP contribution in [0, 0.1) is 5.92 Å². The van der Waals surface area contributed by atoms with Gasteiger partial charge in [-0.15, -0.1) is 0 Å². The third-order valence-electron chi connectivity index (χ3n) is 2.92. The number of likely N-dealkylation sites (N-methyl/N-ethyl adjacent to an activating group) is 1. The molecule has 0 unspecified atom stereocenters. The van der Waals surface area contributed by atoms with Crippen LogP contribution < -0.4 is 10.1 Å². The molecule has 0 heterocycles. The van der Waals surface area contributed by atoms with Crippen molar-refractivity contribution < 1.29 is 4.74 Å². The Morgan fingerprint density at radius 2 is 1.89 bits per heavy atom. The van der Waals surface area contributed by atoms with Gasteiger partial charge in [-0.3, -0.25) is 0 Å². The summed E-state index contributed by atoms with van der Waals surface area (Å²) in [5.74, 6) is 1.66. The van der Waals surface area contributed by atoms with Gasteiger partial charge in [0.05, 0.1) is 0 Å². The SMILES string of the molecule is CCNCc1ccc(OCCN(C)CC(C)C)cc1. The van der Waals surface area contributed by atoms with E-state index in [1.165, 1.54) is 5.56 Å². The van der Waals surface area contributed by atoms with Gasteiger partial charge in [-0.1, -0.05) is 32.9 Å². The monoisotopic (exact) mass is 264 g/mol. The van der Waals surface area contributed by atoms with Gasteiger partial charge in [0.1, 0.15) is 12.4 Å². The lowest BCUT2D eigenvalue weighted by Crippen LogP contribution is -2.27. The summed E-state index contributed by atoms with van der Waals surface area (Å²) in [6.07, 6.45) is 0. The summed E-state index contributed by atoms with van der Waals surface area (Å²) < 4.78 is 5.76. The first kappa shape index (κ1) is 16.0. The fourth-order valence-corrected chi connectivity index (χ4v) is 2.01. The Labute approximate surface area is 118 Å². The zero-order valence-corrected chi connectivity index (χ0v) is 12.8. The van der Waals surface area contributed by atoms with Crippen LogP contribution in [0.3, 0.4) is 0 Å². The van der Waals surface area contributed by atoms with Crippen molar-refractivity contribution in [3.63, 3.8) is 0 Å². The van der Waals surface area contributed by atoms with Crippen molar-refractivity contribution in [1.82, 2.24) is 10.2 Å². The quantitative estimate of drug-likeness (QED) is 0.742. The lowest BCUT2D eigenvalue weighted by molar-refractivity contribution is 0.222. The molecule has 0 aliphatic heterocycles. The number of ether oxygens (including phenoxy) is 1. The second kappa shape index (κ2) is 8.94. The zero-order valence-electron chi connectivity index (χ0n) is 12.8. The average molecular weight is 264 g/mol. The second-order valence-electron chi connectivity index (χ2n) is 5.43. The van der Waals surface area contributed by atoms with Gasteiger partial charge in [0.2, 0.25) is 0 Å². The fraction of sp³-hybridized carbons (Fsp3) is 0.625. The highest BCUT2D eigenvalue weighted by atomic mass is 16.5. The summed E-state index contributed by atoms with van der Waals surface area (Å²) in [4.78, 5) is 2.31. The molecule has 0 aliphatic rings. The minimum absolute atomic E-state index is 0.704. The van der Waals surface area contributed by atoms with Crippen LogP contribution in [-0.2, 0) is 6.54 Å². The van der Waals surface area contributed by atoms with Crippen LogP contribution >= 0.6 is 0 Å². The molecule has 0 aliphatic carbocycles. The molecular formula is C16H28N2O. The van der Waals surface area contributed by atoms with Gasteiger partial charge in [0.25, 0.3) is 0 Å². The van der Waals surface area contributed by atoms with E-state index in [2.05, 4.69) is 62.3 Å². The molecule has 3 nitrogen and oxygen atoms in total. The van der Waals surface area contributed by atoms with Gasteiger partial charge >= 0.3 is 0 Å². The molecule has 1 aromatic rings. The minimum Gasteiger partial charge on any atom is -0.492 e. The van der Waals surface area contributed by atoms with Crippen LogP contribution in [-0.4, -0.2) is 38.2 Å². The third kappa shape index (κ3) is 7.19. The van der Waals surface area contributed by atoms with Gasteiger partial charge in [0, 0.05) is 19.6 Å². The number of benzene rings is 1. The molecule has 0 radical (unpaired) electrons. The zero-order chi connectivity index (χ0) is 14.1. The predicted molar refractivity (Wildman–Crippen MR) is 81.7 cm³/mol. The summed E-state index contributed by atoms with van der Waals surface area (Å²) in [6.45, 7) is 11.3. The standard InChI is InChI=1S/C16H28N2O/c1-5-17-12-15-6-8-16(9-7-15)19-11-10-18(4)13-14(2)3/h6-9,14,17H,5,10-13H2,1-4H3. The van der Waals surface area contributed by atoms with E-state index in [9.17, 15) is 0 Å². The Bertz CT molecular complexity index is 335. The van der Waals surface area contributed by atoms with Crippen LogP contribution in [0.1, 0.15) is 26.3 Å². The molecule has 0 fully saturated rings. The van der Waals surface area contributed by atoms with Gasteiger partial charge in [-0.05, 0) is 37.2 Å². The topological polar surface area (TPSA) is 24.5 Å². The molecule has 0 saturated heterocycles. The average Bonchev–Trinajstić information content (AvgIpc) is 2.37. The molecule has 1 N–H and O–H groups in total. The van der Waals surface area contributed by atoms with E-state index in [0.717, 1.165) is 38.5 Å². The Hall–Kier alpha value is -1.06. The van der Waals surface area contributed by atoms with E-state index in [1.807, 2.05) is 0 Å². The molecule has 3 heteroatoms. The van der Waals surface area contributed by atoms with Gasteiger partial charge in [-0.2, -0.15) is 0 Å². The Morgan fingerprint density at radius 3 is 2.47 bits per heavy atom. The number of nitrogens with one attached hydrogen (secondary N) is 1. The molecule has 0 atom stereocenters. The van der Waals surface area contributed by atoms with Crippen molar-refractivity contribution in [1.29, 1.82) is 0 Å². The molecular weight excluding hydrogens is 236 g/mol. The highest BCUT2D eigenvalue weighted by molar-refractivity contribution is 5.27. The molecule has 0 saturated carbocycles. The largest absolute Gasteiger partial charge is 0.492 e. The molecule has 0 bridgehead atoms. The first-order valence-corrected chi connectivity index (χ1v) is 7.22. The molecule has 108 valence electrons. The van der Waals surface area contributed by atoms with Crippen LogP contribution in [0.15, 0.2) is 24.3 Å². The van der Waals surface area contributed by atoms with E-state index in [-0.39, 0.29) is 0 Å². The number of rotatable bonds is 9.